The van der Waals surface area contributed by atoms with Crippen molar-refractivity contribution in [1.82, 2.24) is 5.32 Å². The molecule has 1 fully saturated rings. The minimum Gasteiger partial charge on any atom is -0.381 e. The Balaban J connectivity index is 2.27. The Morgan fingerprint density at radius 2 is 2.06 bits per heavy atom. The van der Waals surface area contributed by atoms with Crippen molar-refractivity contribution in [2.24, 2.45) is 23.5 Å². The van der Waals surface area contributed by atoms with Gasteiger partial charge in [0, 0.05) is 26.3 Å². The molecule has 4 nitrogen and oxygen atoms in total. The predicted molar refractivity (Wildman–Crippen MR) is 63.9 cm³/mol. The average molecular weight is 228 g/mol. The Labute approximate surface area is 97.9 Å². The summed E-state index contributed by atoms with van der Waals surface area (Å²) >= 11 is 0. The largest absolute Gasteiger partial charge is 0.381 e. The molecule has 1 aliphatic heterocycles. The van der Waals surface area contributed by atoms with E-state index in [0.29, 0.717) is 18.4 Å². The van der Waals surface area contributed by atoms with Crippen molar-refractivity contribution in [3.8, 4) is 0 Å². The maximum absolute atomic E-state index is 11.8. The highest BCUT2D eigenvalue weighted by Crippen LogP contribution is 2.14. The molecule has 0 aliphatic carbocycles. The number of carbonyl (C=O) groups is 1. The van der Waals surface area contributed by atoms with Gasteiger partial charge in [-0.05, 0) is 24.7 Å². The highest BCUT2D eigenvalue weighted by atomic mass is 16.5. The first-order valence-electron chi connectivity index (χ1n) is 6.20. The second kappa shape index (κ2) is 6.86. The van der Waals surface area contributed by atoms with Gasteiger partial charge in [0.05, 0.1) is 5.92 Å². The van der Waals surface area contributed by atoms with Gasteiger partial charge in [-0.15, -0.1) is 0 Å². The van der Waals surface area contributed by atoms with E-state index in [-0.39, 0.29) is 11.8 Å². The molecule has 1 atom stereocenters. The number of nitrogens with one attached hydrogen (secondary N) is 1. The van der Waals surface area contributed by atoms with Gasteiger partial charge < -0.3 is 15.8 Å². The Morgan fingerprint density at radius 3 is 2.56 bits per heavy atom. The first-order valence-corrected chi connectivity index (χ1v) is 6.20. The number of hydrogen-bond acceptors (Lipinski definition) is 3. The topological polar surface area (TPSA) is 64.4 Å². The van der Waals surface area contributed by atoms with Crippen LogP contribution in [-0.4, -0.2) is 32.2 Å². The normalized spacial score (nSPS) is 19.8. The third kappa shape index (κ3) is 4.10. The van der Waals surface area contributed by atoms with Gasteiger partial charge in [-0.2, -0.15) is 0 Å². The van der Waals surface area contributed by atoms with Crippen molar-refractivity contribution >= 4 is 5.91 Å². The molecule has 1 rings (SSSR count). The van der Waals surface area contributed by atoms with Crippen molar-refractivity contribution < 1.29 is 9.53 Å². The van der Waals surface area contributed by atoms with Crippen LogP contribution in [-0.2, 0) is 9.53 Å². The minimum atomic E-state index is -0.0557. The van der Waals surface area contributed by atoms with Crippen LogP contribution >= 0.6 is 0 Å². The summed E-state index contributed by atoms with van der Waals surface area (Å²) in [5, 5.41) is 3.01. The maximum Gasteiger partial charge on any atom is 0.224 e. The molecule has 1 saturated heterocycles. The van der Waals surface area contributed by atoms with E-state index < -0.39 is 0 Å². The summed E-state index contributed by atoms with van der Waals surface area (Å²) in [7, 11) is 0. The SMILES string of the molecule is CC(C)C(CN)C(=O)NCC1CCOCC1. The monoisotopic (exact) mass is 228 g/mol. The molecule has 1 unspecified atom stereocenters. The van der Waals surface area contributed by atoms with E-state index in [1.54, 1.807) is 0 Å². The van der Waals surface area contributed by atoms with E-state index >= 15 is 0 Å². The van der Waals surface area contributed by atoms with E-state index in [1.807, 2.05) is 13.8 Å². The number of hydrogen-bond donors (Lipinski definition) is 2. The van der Waals surface area contributed by atoms with Crippen LogP contribution < -0.4 is 11.1 Å². The van der Waals surface area contributed by atoms with Gasteiger partial charge in [0.1, 0.15) is 0 Å². The van der Waals surface area contributed by atoms with E-state index in [1.165, 1.54) is 0 Å². The molecular formula is C12H24N2O2. The lowest BCUT2D eigenvalue weighted by atomic mass is 9.94. The first-order chi connectivity index (χ1) is 7.65. The maximum atomic E-state index is 11.8. The fourth-order valence-corrected chi connectivity index (χ4v) is 2.01. The number of rotatable bonds is 5. The van der Waals surface area contributed by atoms with Crippen molar-refractivity contribution in [3.63, 3.8) is 0 Å². The summed E-state index contributed by atoms with van der Waals surface area (Å²) < 4.78 is 5.28. The van der Waals surface area contributed by atoms with Gasteiger partial charge in [0.2, 0.25) is 5.91 Å². The molecule has 3 N–H and O–H groups in total. The van der Waals surface area contributed by atoms with Gasteiger partial charge in [-0.1, -0.05) is 13.8 Å². The van der Waals surface area contributed by atoms with Crippen LogP contribution in [0.15, 0.2) is 0 Å². The van der Waals surface area contributed by atoms with Crippen LogP contribution in [0, 0.1) is 17.8 Å². The quantitative estimate of drug-likeness (QED) is 0.730. The summed E-state index contributed by atoms with van der Waals surface area (Å²) in [6.45, 7) is 6.91. The van der Waals surface area contributed by atoms with Gasteiger partial charge >= 0.3 is 0 Å². The smallest absolute Gasteiger partial charge is 0.224 e. The fraction of sp³-hybridized carbons (Fsp3) is 0.917. The lowest BCUT2D eigenvalue weighted by Crippen LogP contribution is -2.40. The van der Waals surface area contributed by atoms with Gasteiger partial charge in [0.15, 0.2) is 0 Å². The third-order valence-electron chi connectivity index (χ3n) is 3.30. The van der Waals surface area contributed by atoms with Crippen molar-refractivity contribution in [2.75, 3.05) is 26.3 Å². The summed E-state index contributed by atoms with van der Waals surface area (Å²) in [5.41, 5.74) is 5.60. The molecule has 0 aromatic rings. The summed E-state index contributed by atoms with van der Waals surface area (Å²) in [4.78, 5) is 11.8. The molecule has 0 aromatic heterocycles. The van der Waals surface area contributed by atoms with Crippen LogP contribution in [0.3, 0.4) is 0 Å². The number of amides is 1. The van der Waals surface area contributed by atoms with Crippen LogP contribution in [0.5, 0.6) is 0 Å². The Bertz CT molecular complexity index is 213. The van der Waals surface area contributed by atoms with Crippen molar-refractivity contribution in [2.45, 2.75) is 26.7 Å². The fourth-order valence-electron chi connectivity index (χ4n) is 2.01. The lowest BCUT2D eigenvalue weighted by molar-refractivity contribution is -0.126. The molecule has 4 heteroatoms. The average Bonchev–Trinajstić information content (AvgIpc) is 2.28. The van der Waals surface area contributed by atoms with E-state index in [9.17, 15) is 4.79 Å². The van der Waals surface area contributed by atoms with Crippen LogP contribution in [0.2, 0.25) is 0 Å². The van der Waals surface area contributed by atoms with E-state index in [4.69, 9.17) is 10.5 Å². The van der Waals surface area contributed by atoms with Crippen LogP contribution in [0.4, 0.5) is 0 Å². The lowest BCUT2D eigenvalue weighted by Gasteiger charge is -2.24. The molecule has 0 saturated carbocycles. The molecule has 1 aliphatic rings. The molecule has 0 radical (unpaired) electrons. The molecule has 0 spiro atoms. The Kier molecular flexibility index (Phi) is 5.77. The van der Waals surface area contributed by atoms with E-state index in [0.717, 1.165) is 32.6 Å². The highest BCUT2D eigenvalue weighted by molar-refractivity contribution is 5.79. The standard InChI is InChI=1S/C12H24N2O2/c1-9(2)11(7-13)12(15)14-8-10-3-5-16-6-4-10/h9-11H,3-8,13H2,1-2H3,(H,14,15). The second-order valence-corrected chi connectivity index (χ2v) is 4.89. The Hall–Kier alpha value is -0.610. The summed E-state index contributed by atoms with van der Waals surface area (Å²) in [6.07, 6.45) is 2.10. The van der Waals surface area contributed by atoms with Gasteiger partial charge in [-0.3, -0.25) is 4.79 Å². The minimum absolute atomic E-state index is 0.0557. The molecule has 1 heterocycles. The third-order valence-corrected chi connectivity index (χ3v) is 3.30. The molecule has 16 heavy (non-hydrogen) atoms. The molecular weight excluding hydrogens is 204 g/mol. The Morgan fingerprint density at radius 1 is 1.44 bits per heavy atom. The van der Waals surface area contributed by atoms with Gasteiger partial charge in [0.25, 0.3) is 0 Å². The predicted octanol–water partition coefficient (Wildman–Crippen LogP) is 0.760. The molecule has 94 valence electrons. The summed E-state index contributed by atoms with van der Waals surface area (Å²) in [5.74, 6) is 0.923. The summed E-state index contributed by atoms with van der Waals surface area (Å²) in [6, 6.07) is 0. The van der Waals surface area contributed by atoms with E-state index in [2.05, 4.69) is 5.32 Å². The zero-order chi connectivity index (χ0) is 12.0. The van der Waals surface area contributed by atoms with Crippen molar-refractivity contribution in [1.29, 1.82) is 0 Å². The second-order valence-electron chi connectivity index (χ2n) is 4.89. The van der Waals surface area contributed by atoms with Crippen LogP contribution in [0.1, 0.15) is 26.7 Å². The first kappa shape index (κ1) is 13.5. The number of carbonyl (C=O) groups excluding carboxylic acids is 1. The molecule has 0 bridgehead atoms. The number of nitrogens with two attached hydrogens (primary N) is 1. The van der Waals surface area contributed by atoms with Crippen molar-refractivity contribution in [3.05, 3.63) is 0 Å². The zero-order valence-corrected chi connectivity index (χ0v) is 10.4. The molecule has 0 aromatic carbocycles. The van der Waals surface area contributed by atoms with Crippen LogP contribution in [0.25, 0.3) is 0 Å². The van der Waals surface area contributed by atoms with Gasteiger partial charge in [-0.25, -0.2) is 0 Å². The zero-order valence-electron chi connectivity index (χ0n) is 10.4. The number of ether oxygens (including phenoxy) is 1. The molecule has 1 amide bonds. The highest BCUT2D eigenvalue weighted by Gasteiger charge is 2.21.